The molecule has 0 saturated heterocycles. The van der Waals surface area contributed by atoms with Crippen LogP contribution in [0.2, 0.25) is 0 Å². The summed E-state index contributed by atoms with van der Waals surface area (Å²) < 4.78 is 37.9. The van der Waals surface area contributed by atoms with Crippen LogP contribution in [0.1, 0.15) is 18.9 Å². The van der Waals surface area contributed by atoms with Gasteiger partial charge in [-0.15, -0.1) is 0 Å². The highest BCUT2D eigenvalue weighted by Gasteiger charge is 2.31. The van der Waals surface area contributed by atoms with Crippen LogP contribution in [0.4, 0.5) is 18.9 Å². The van der Waals surface area contributed by atoms with Crippen molar-refractivity contribution in [3.63, 3.8) is 0 Å². The number of nitrogens with two attached hydrogens (primary N) is 1. The molecule has 3 N–H and O–H groups in total. The summed E-state index contributed by atoms with van der Waals surface area (Å²) in [5.41, 5.74) is 4.69. The monoisotopic (exact) mass is 324 g/mol. The Morgan fingerprint density at radius 3 is 2.61 bits per heavy atom. The average Bonchev–Trinajstić information content (AvgIpc) is 2.18. The molecule has 0 aliphatic rings. The third kappa shape index (κ3) is 4.30. The SMILES string of the molecule is CC(N)CC(=O)Nc1cc(C(F)(F)F)ccc1Br. The Morgan fingerprint density at radius 2 is 2.11 bits per heavy atom. The minimum Gasteiger partial charge on any atom is -0.327 e. The fourth-order valence-electron chi connectivity index (χ4n) is 1.29. The first-order valence-electron chi connectivity index (χ1n) is 5.12. The molecule has 0 radical (unpaired) electrons. The van der Waals surface area contributed by atoms with Crippen molar-refractivity contribution < 1.29 is 18.0 Å². The summed E-state index contributed by atoms with van der Waals surface area (Å²) in [5.74, 6) is -0.426. The van der Waals surface area contributed by atoms with Gasteiger partial charge in [-0.25, -0.2) is 0 Å². The molecule has 1 rings (SSSR count). The number of anilines is 1. The topological polar surface area (TPSA) is 55.1 Å². The molecule has 100 valence electrons. The number of hydrogen-bond donors (Lipinski definition) is 2. The van der Waals surface area contributed by atoms with Crippen molar-refractivity contribution in [1.82, 2.24) is 0 Å². The molecule has 0 aliphatic heterocycles. The standard InChI is InChI=1S/C11H12BrF3N2O/c1-6(16)4-10(18)17-9-5-7(11(13,14)15)2-3-8(9)12/h2-3,5-6H,4,16H2,1H3,(H,17,18). The molecule has 1 aromatic carbocycles. The predicted molar refractivity (Wildman–Crippen MR) is 66.0 cm³/mol. The van der Waals surface area contributed by atoms with E-state index in [-0.39, 0.29) is 18.2 Å². The van der Waals surface area contributed by atoms with Gasteiger partial charge in [-0.05, 0) is 41.1 Å². The van der Waals surface area contributed by atoms with Gasteiger partial charge in [0.2, 0.25) is 5.91 Å². The predicted octanol–water partition coefficient (Wildman–Crippen LogP) is 3.14. The van der Waals surface area contributed by atoms with Gasteiger partial charge < -0.3 is 11.1 Å². The Kier molecular flexibility index (Phi) is 4.75. The third-order valence-electron chi connectivity index (χ3n) is 2.08. The van der Waals surface area contributed by atoms with Gasteiger partial charge in [0, 0.05) is 16.9 Å². The summed E-state index contributed by atoms with van der Waals surface area (Å²) in [4.78, 5) is 11.4. The number of amides is 1. The van der Waals surface area contributed by atoms with E-state index in [1.54, 1.807) is 6.92 Å². The molecule has 0 spiro atoms. The van der Waals surface area contributed by atoms with E-state index < -0.39 is 17.6 Å². The number of alkyl halides is 3. The molecule has 0 fully saturated rings. The maximum atomic E-state index is 12.5. The number of hydrogen-bond acceptors (Lipinski definition) is 2. The molecule has 0 aromatic heterocycles. The average molecular weight is 325 g/mol. The van der Waals surface area contributed by atoms with E-state index in [0.29, 0.717) is 4.47 Å². The van der Waals surface area contributed by atoms with Crippen LogP contribution >= 0.6 is 15.9 Å². The minimum atomic E-state index is -4.44. The van der Waals surface area contributed by atoms with Crippen LogP contribution < -0.4 is 11.1 Å². The summed E-state index contributed by atoms with van der Waals surface area (Å²) in [7, 11) is 0. The molecular weight excluding hydrogens is 313 g/mol. The highest BCUT2D eigenvalue weighted by molar-refractivity contribution is 9.10. The highest BCUT2D eigenvalue weighted by Crippen LogP contribution is 2.33. The van der Waals surface area contributed by atoms with Gasteiger partial charge >= 0.3 is 6.18 Å². The summed E-state index contributed by atoms with van der Waals surface area (Å²) >= 11 is 3.08. The zero-order chi connectivity index (χ0) is 13.9. The van der Waals surface area contributed by atoms with Crippen molar-refractivity contribution in [2.75, 3.05) is 5.32 Å². The van der Waals surface area contributed by atoms with Crippen LogP contribution in [0.3, 0.4) is 0 Å². The van der Waals surface area contributed by atoms with Crippen molar-refractivity contribution in [2.45, 2.75) is 25.6 Å². The zero-order valence-corrected chi connectivity index (χ0v) is 11.1. The second-order valence-corrected chi connectivity index (χ2v) is 4.78. The van der Waals surface area contributed by atoms with Gasteiger partial charge in [-0.3, -0.25) is 4.79 Å². The lowest BCUT2D eigenvalue weighted by Gasteiger charge is -2.12. The van der Waals surface area contributed by atoms with Gasteiger partial charge in [0.05, 0.1) is 11.3 Å². The molecule has 0 saturated carbocycles. The second kappa shape index (κ2) is 5.71. The number of nitrogens with one attached hydrogen (secondary N) is 1. The molecule has 7 heteroatoms. The van der Waals surface area contributed by atoms with Crippen LogP contribution in [0.5, 0.6) is 0 Å². The maximum absolute atomic E-state index is 12.5. The van der Waals surface area contributed by atoms with E-state index in [2.05, 4.69) is 21.2 Å². The quantitative estimate of drug-likeness (QED) is 0.897. The molecule has 1 aromatic rings. The lowest BCUT2D eigenvalue weighted by molar-refractivity contribution is -0.137. The third-order valence-corrected chi connectivity index (χ3v) is 2.77. The fourth-order valence-corrected chi connectivity index (χ4v) is 1.64. The summed E-state index contributed by atoms with van der Waals surface area (Å²) in [5, 5.41) is 2.39. The van der Waals surface area contributed by atoms with E-state index in [4.69, 9.17) is 5.73 Å². The Labute approximate surface area is 111 Å². The highest BCUT2D eigenvalue weighted by atomic mass is 79.9. The first kappa shape index (κ1) is 15.0. The van der Waals surface area contributed by atoms with Gasteiger partial charge in [0.25, 0.3) is 0 Å². The second-order valence-electron chi connectivity index (χ2n) is 3.92. The Morgan fingerprint density at radius 1 is 1.50 bits per heavy atom. The zero-order valence-electron chi connectivity index (χ0n) is 9.51. The summed E-state index contributed by atoms with van der Waals surface area (Å²) in [6.45, 7) is 1.64. The number of carbonyl (C=O) groups is 1. The first-order chi connectivity index (χ1) is 8.20. The largest absolute Gasteiger partial charge is 0.416 e. The van der Waals surface area contributed by atoms with Gasteiger partial charge in [0.1, 0.15) is 0 Å². The fraction of sp³-hybridized carbons (Fsp3) is 0.364. The van der Waals surface area contributed by atoms with Gasteiger partial charge in [-0.2, -0.15) is 13.2 Å². The Hall–Kier alpha value is -1.08. The summed E-state index contributed by atoms with van der Waals surface area (Å²) in [6, 6.07) is 2.70. The molecule has 1 amide bonds. The number of benzene rings is 1. The number of carbonyl (C=O) groups excluding carboxylic acids is 1. The Balaban J connectivity index is 2.92. The molecule has 0 heterocycles. The summed E-state index contributed by atoms with van der Waals surface area (Å²) in [6.07, 6.45) is -4.40. The van der Waals surface area contributed by atoms with Crippen molar-refractivity contribution in [2.24, 2.45) is 5.73 Å². The number of halogens is 4. The Bertz CT molecular complexity index is 446. The first-order valence-corrected chi connectivity index (χ1v) is 5.91. The van der Waals surface area contributed by atoms with E-state index in [1.165, 1.54) is 6.07 Å². The lowest BCUT2D eigenvalue weighted by atomic mass is 10.2. The molecule has 1 unspecified atom stereocenters. The molecule has 18 heavy (non-hydrogen) atoms. The molecule has 1 atom stereocenters. The van der Waals surface area contributed by atoms with Crippen LogP contribution in [0.25, 0.3) is 0 Å². The van der Waals surface area contributed by atoms with E-state index in [9.17, 15) is 18.0 Å². The van der Waals surface area contributed by atoms with E-state index in [1.807, 2.05) is 0 Å². The maximum Gasteiger partial charge on any atom is 0.416 e. The molecule has 0 bridgehead atoms. The molecular formula is C11H12BrF3N2O. The lowest BCUT2D eigenvalue weighted by Crippen LogP contribution is -2.24. The van der Waals surface area contributed by atoms with Gasteiger partial charge in [-0.1, -0.05) is 0 Å². The smallest absolute Gasteiger partial charge is 0.327 e. The van der Waals surface area contributed by atoms with E-state index in [0.717, 1.165) is 12.1 Å². The van der Waals surface area contributed by atoms with Crippen LogP contribution in [0.15, 0.2) is 22.7 Å². The van der Waals surface area contributed by atoms with E-state index >= 15 is 0 Å². The molecule has 0 aliphatic carbocycles. The molecule has 3 nitrogen and oxygen atoms in total. The van der Waals surface area contributed by atoms with Crippen LogP contribution in [0, 0.1) is 0 Å². The minimum absolute atomic E-state index is 0.0443. The number of rotatable bonds is 3. The van der Waals surface area contributed by atoms with Crippen molar-refractivity contribution in [3.8, 4) is 0 Å². The van der Waals surface area contributed by atoms with Crippen molar-refractivity contribution in [1.29, 1.82) is 0 Å². The normalized spacial score (nSPS) is 13.2. The van der Waals surface area contributed by atoms with Crippen LogP contribution in [-0.4, -0.2) is 11.9 Å². The van der Waals surface area contributed by atoms with Crippen molar-refractivity contribution >= 4 is 27.5 Å². The van der Waals surface area contributed by atoms with Crippen molar-refractivity contribution in [3.05, 3.63) is 28.2 Å². The van der Waals surface area contributed by atoms with Crippen LogP contribution in [-0.2, 0) is 11.0 Å². The van der Waals surface area contributed by atoms with Gasteiger partial charge in [0.15, 0.2) is 0 Å².